The molecule has 2 unspecified atom stereocenters. The number of hydrogen-bond acceptors (Lipinski definition) is 4. The number of nitrogens with zero attached hydrogens (tertiary/aromatic N) is 1. The Kier molecular flexibility index (Phi) is 3.38. The number of hydrogen-bond donors (Lipinski definition) is 2. The Bertz CT molecular complexity index is 337. The van der Waals surface area contributed by atoms with Crippen LogP contribution in [-0.4, -0.2) is 22.7 Å². The van der Waals surface area contributed by atoms with E-state index in [1.165, 1.54) is 17.0 Å². The van der Waals surface area contributed by atoms with Gasteiger partial charge in [0.25, 0.3) is 0 Å². The van der Waals surface area contributed by atoms with Crippen molar-refractivity contribution in [1.82, 2.24) is 4.98 Å². The Labute approximate surface area is 94.3 Å². The average Bonchev–Trinajstić information content (AvgIpc) is 2.59. The van der Waals surface area contributed by atoms with Gasteiger partial charge in [-0.25, -0.2) is 4.98 Å². The number of nitrogens with two attached hydrogens (primary N) is 1. The van der Waals surface area contributed by atoms with E-state index in [1.807, 2.05) is 0 Å². The zero-order valence-electron chi connectivity index (χ0n) is 9.07. The molecule has 0 radical (unpaired) electrons. The number of aromatic nitrogens is 1. The maximum atomic E-state index is 9.47. The number of rotatable bonds is 3. The van der Waals surface area contributed by atoms with E-state index in [-0.39, 0.29) is 0 Å². The topological polar surface area (TPSA) is 59.1 Å². The average molecular weight is 226 g/mol. The van der Waals surface area contributed by atoms with Gasteiger partial charge in [0.05, 0.1) is 16.8 Å². The van der Waals surface area contributed by atoms with Crippen molar-refractivity contribution in [3.63, 3.8) is 0 Å². The van der Waals surface area contributed by atoms with Crippen LogP contribution < -0.4 is 5.73 Å². The third-order valence-corrected chi connectivity index (χ3v) is 4.05. The first-order valence-corrected chi connectivity index (χ1v) is 6.36. The summed E-state index contributed by atoms with van der Waals surface area (Å²) in [4.78, 5) is 6.00. The molecule has 0 aliphatic heterocycles. The van der Waals surface area contributed by atoms with E-state index in [4.69, 9.17) is 5.73 Å². The summed E-state index contributed by atoms with van der Waals surface area (Å²) in [5, 5.41) is 10.5. The third-order valence-electron chi connectivity index (χ3n) is 2.91. The molecule has 1 aliphatic carbocycles. The maximum absolute atomic E-state index is 9.47. The first-order chi connectivity index (χ1) is 7.19. The molecule has 15 heavy (non-hydrogen) atoms. The Balaban J connectivity index is 2.09. The Morgan fingerprint density at radius 3 is 3.20 bits per heavy atom. The lowest BCUT2D eigenvalue weighted by Crippen LogP contribution is -2.21. The molecule has 0 saturated carbocycles. The summed E-state index contributed by atoms with van der Waals surface area (Å²) in [7, 11) is 0. The molecule has 3 nitrogen and oxygen atoms in total. The molecule has 0 spiro atoms. The molecule has 1 aromatic rings. The third kappa shape index (κ3) is 2.56. The van der Waals surface area contributed by atoms with Crippen molar-refractivity contribution < 1.29 is 5.11 Å². The van der Waals surface area contributed by atoms with Crippen LogP contribution >= 0.6 is 11.3 Å². The lowest BCUT2D eigenvalue weighted by atomic mass is 9.93. The quantitative estimate of drug-likeness (QED) is 0.812. The summed E-state index contributed by atoms with van der Waals surface area (Å²) < 4.78 is 0. The number of fused-ring (bicyclic) bond motifs is 1. The predicted molar refractivity (Wildman–Crippen MR) is 62.1 cm³/mol. The van der Waals surface area contributed by atoms with Crippen LogP contribution in [0.3, 0.4) is 0 Å². The van der Waals surface area contributed by atoms with Gasteiger partial charge in [0, 0.05) is 17.8 Å². The van der Waals surface area contributed by atoms with Crippen LogP contribution in [0.4, 0.5) is 0 Å². The van der Waals surface area contributed by atoms with Gasteiger partial charge in [0.15, 0.2) is 0 Å². The second kappa shape index (κ2) is 4.60. The fourth-order valence-electron chi connectivity index (χ4n) is 1.97. The van der Waals surface area contributed by atoms with E-state index in [9.17, 15) is 5.11 Å². The lowest BCUT2D eigenvalue weighted by molar-refractivity contribution is 0.183. The van der Waals surface area contributed by atoms with Gasteiger partial charge >= 0.3 is 0 Å². The number of aliphatic hydroxyl groups is 1. The van der Waals surface area contributed by atoms with E-state index in [0.29, 0.717) is 13.0 Å². The second-order valence-electron chi connectivity index (χ2n) is 4.42. The Morgan fingerprint density at radius 2 is 2.47 bits per heavy atom. The first kappa shape index (κ1) is 11.0. The standard InChI is InChI=1S/C11H18N2OS/c1-7-2-3-9-10(4-7)15-11(13-9)5-8(14)6-12/h7-8,14H,2-6,12H2,1H3. The molecule has 0 bridgehead atoms. The van der Waals surface area contributed by atoms with Gasteiger partial charge in [-0.3, -0.25) is 0 Å². The molecule has 2 atom stereocenters. The molecule has 1 aromatic heterocycles. The molecule has 3 N–H and O–H groups in total. The molecular formula is C11H18N2OS. The van der Waals surface area contributed by atoms with Gasteiger partial charge < -0.3 is 10.8 Å². The first-order valence-electron chi connectivity index (χ1n) is 5.54. The summed E-state index contributed by atoms with van der Waals surface area (Å²) >= 11 is 1.76. The molecule has 84 valence electrons. The highest BCUT2D eigenvalue weighted by Gasteiger charge is 2.20. The van der Waals surface area contributed by atoms with Gasteiger partial charge in [-0.2, -0.15) is 0 Å². The van der Waals surface area contributed by atoms with Crippen LogP contribution in [0.5, 0.6) is 0 Å². The molecule has 0 aromatic carbocycles. The molecule has 0 saturated heterocycles. The summed E-state index contributed by atoms with van der Waals surface area (Å²) in [6, 6.07) is 0. The van der Waals surface area contributed by atoms with E-state index < -0.39 is 6.10 Å². The van der Waals surface area contributed by atoms with Gasteiger partial charge in [-0.1, -0.05) is 6.92 Å². The SMILES string of the molecule is CC1CCc2nc(CC(O)CN)sc2C1. The smallest absolute Gasteiger partial charge is 0.0957 e. The van der Waals surface area contributed by atoms with Crippen LogP contribution in [-0.2, 0) is 19.3 Å². The van der Waals surface area contributed by atoms with Crippen LogP contribution in [0.1, 0.15) is 28.9 Å². The normalized spacial score (nSPS) is 22.5. The fourth-order valence-corrected chi connectivity index (χ4v) is 3.31. The molecule has 1 aliphatic rings. The van der Waals surface area contributed by atoms with Crippen LogP contribution in [0.25, 0.3) is 0 Å². The van der Waals surface area contributed by atoms with Gasteiger partial charge in [-0.15, -0.1) is 11.3 Å². The molecule has 4 heteroatoms. The fraction of sp³-hybridized carbons (Fsp3) is 0.727. The monoisotopic (exact) mass is 226 g/mol. The van der Waals surface area contributed by atoms with Gasteiger partial charge in [0.2, 0.25) is 0 Å². The largest absolute Gasteiger partial charge is 0.391 e. The molecule has 0 amide bonds. The minimum atomic E-state index is -0.435. The summed E-state index contributed by atoms with van der Waals surface area (Å²) in [5.41, 5.74) is 6.65. The van der Waals surface area contributed by atoms with Crippen LogP contribution in [0.15, 0.2) is 0 Å². The van der Waals surface area contributed by atoms with E-state index in [1.54, 1.807) is 11.3 Å². The van der Waals surface area contributed by atoms with Crippen LogP contribution in [0, 0.1) is 5.92 Å². The lowest BCUT2D eigenvalue weighted by Gasteiger charge is -2.15. The van der Waals surface area contributed by atoms with Crippen molar-refractivity contribution in [1.29, 1.82) is 0 Å². The minimum absolute atomic E-state index is 0.320. The van der Waals surface area contributed by atoms with Gasteiger partial charge in [0.1, 0.15) is 0 Å². The highest BCUT2D eigenvalue weighted by Crippen LogP contribution is 2.30. The van der Waals surface area contributed by atoms with E-state index in [2.05, 4.69) is 11.9 Å². The zero-order chi connectivity index (χ0) is 10.8. The van der Waals surface area contributed by atoms with Crippen molar-refractivity contribution in [3.8, 4) is 0 Å². The van der Waals surface area contributed by atoms with Gasteiger partial charge in [-0.05, 0) is 25.2 Å². The summed E-state index contributed by atoms with van der Waals surface area (Å²) in [6.07, 6.45) is 3.69. The van der Waals surface area contributed by atoms with Crippen molar-refractivity contribution in [3.05, 3.63) is 15.6 Å². The number of thiazole rings is 1. The molecular weight excluding hydrogens is 208 g/mol. The maximum Gasteiger partial charge on any atom is 0.0957 e. The molecule has 0 fully saturated rings. The highest BCUT2D eigenvalue weighted by atomic mass is 32.1. The number of aryl methyl sites for hydroxylation is 1. The zero-order valence-corrected chi connectivity index (χ0v) is 9.89. The van der Waals surface area contributed by atoms with Crippen molar-refractivity contribution in [2.75, 3.05) is 6.54 Å². The molecule has 1 heterocycles. The Morgan fingerprint density at radius 1 is 1.67 bits per heavy atom. The van der Waals surface area contributed by atoms with E-state index >= 15 is 0 Å². The summed E-state index contributed by atoms with van der Waals surface area (Å²) in [6.45, 7) is 2.61. The van der Waals surface area contributed by atoms with E-state index in [0.717, 1.165) is 23.8 Å². The number of aliphatic hydroxyl groups excluding tert-OH is 1. The summed E-state index contributed by atoms with van der Waals surface area (Å²) in [5.74, 6) is 0.783. The van der Waals surface area contributed by atoms with Crippen molar-refractivity contribution in [2.45, 2.75) is 38.7 Å². The molecule has 2 rings (SSSR count). The minimum Gasteiger partial charge on any atom is -0.391 e. The van der Waals surface area contributed by atoms with Crippen molar-refractivity contribution in [2.24, 2.45) is 11.7 Å². The Hall–Kier alpha value is -0.450. The van der Waals surface area contributed by atoms with Crippen LogP contribution in [0.2, 0.25) is 0 Å². The highest BCUT2D eigenvalue weighted by molar-refractivity contribution is 7.11. The predicted octanol–water partition coefficient (Wildman–Crippen LogP) is 1.13. The van der Waals surface area contributed by atoms with Crippen molar-refractivity contribution >= 4 is 11.3 Å². The second-order valence-corrected chi connectivity index (χ2v) is 5.59.